The molecule has 0 aliphatic carbocycles. The smallest absolute Gasteiger partial charge is 0.227 e. The van der Waals surface area contributed by atoms with Gasteiger partial charge in [-0.15, -0.1) is 0 Å². The van der Waals surface area contributed by atoms with E-state index in [1.165, 1.54) is 0 Å². The molecule has 1 fully saturated rings. The second-order valence-electron chi connectivity index (χ2n) is 7.24. The normalized spacial score (nSPS) is 17.8. The zero-order valence-corrected chi connectivity index (χ0v) is 15.5. The van der Waals surface area contributed by atoms with Crippen LogP contribution in [0.5, 0.6) is 0 Å². The molecule has 1 unspecified atom stereocenters. The minimum atomic E-state index is 0.466. The zero-order chi connectivity index (χ0) is 18.1. The van der Waals surface area contributed by atoms with Crippen LogP contribution in [0.1, 0.15) is 19.5 Å². The quantitative estimate of drug-likeness (QED) is 0.670. The Labute approximate surface area is 153 Å². The fourth-order valence-corrected chi connectivity index (χ4v) is 3.33. The minimum Gasteiger partial charge on any atom is -0.340 e. The fraction of sp³-hybridized carbons (Fsp3) is 0.421. The summed E-state index contributed by atoms with van der Waals surface area (Å²) in [6.45, 7) is 9.32. The van der Waals surface area contributed by atoms with E-state index in [1.54, 1.807) is 0 Å². The van der Waals surface area contributed by atoms with Crippen LogP contribution in [0.4, 0.5) is 17.5 Å². The van der Waals surface area contributed by atoms with Gasteiger partial charge >= 0.3 is 0 Å². The van der Waals surface area contributed by atoms with Crippen molar-refractivity contribution in [3.8, 4) is 0 Å². The molecular formula is C19H25N7. The molecule has 1 aromatic carbocycles. The van der Waals surface area contributed by atoms with Crippen molar-refractivity contribution < 1.29 is 0 Å². The highest BCUT2D eigenvalue weighted by Gasteiger charge is 2.23. The Morgan fingerprint density at radius 1 is 1.23 bits per heavy atom. The standard InChI is InChI=1S/C19H25N7/c1-12(2)17-11-26(7-6-20-17)19-22-13(3)8-18(24-19)23-15-4-5-16-14(9-15)10-21-25-16/h4-5,8-10,12,17,20H,6-7,11H2,1-3H3,(H,21,25)(H,22,23,24). The van der Waals surface area contributed by atoms with Gasteiger partial charge in [-0.25, -0.2) is 4.98 Å². The van der Waals surface area contributed by atoms with Gasteiger partial charge in [0.15, 0.2) is 0 Å². The number of nitrogens with one attached hydrogen (secondary N) is 3. The van der Waals surface area contributed by atoms with Crippen LogP contribution in [0, 0.1) is 12.8 Å². The van der Waals surface area contributed by atoms with E-state index >= 15 is 0 Å². The van der Waals surface area contributed by atoms with Gasteiger partial charge in [-0.3, -0.25) is 5.10 Å². The first kappa shape index (κ1) is 16.8. The molecule has 1 aliphatic heterocycles. The van der Waals surface area contributed by atoms with Gasteiger partial charge in [0.25, 0.3) is 0 Å². The third-order valence-electron chi connectivity index (χ3n) is 4.85. The monoisotopic (exact) mass is 351 g/mol. The molecule has 0 spiro atoms. The largest absolute Gasteiger partial charge is 0.340 e. The second kappa shape index (κ2) is 6.92. The second-order valence-corrected chi connectivity index (χ2v) is 7.24. The molecule has 3 N–H and O–H groups in total. The maximum absolute atomic E-state index is 4.77. The Bertz CT molecular complexity index is 902. The molecule has 4 rings (SSSR count). The summed E-state index contributed by atoms with van der Waals surface area (Å²) in [4.78, 5) is 11.7. The van der Waals surface area contributed by atoms with Crippen LogP contribution in [0.25, 0.3) is 10.9 Å². The van der Waals surface area contributed by atoms with Gasteiger partial charge in [-0.2, -0.15) is 10.1 Å². The molecule has 7 nitrogen and oxygen atoms in total. The predicted molar refractivity (Wildman–Crippen MR) is 105 cm³/mol. The van der Waals surface area contributed by atoms with Crippen molar-refractivity contribution >= 4 is 28.4 Å². The van der Waals surface area contributed by atoms with Crippen molar-refractivity contribution in [3.05, 3.63) is 36.2 Å². The fourth-order valence-electron chi connectivity index (χ4n) is 3.33. The van der Waals surface area contributed by atoms with E-state index in [1.807, 2.05) is 31.3 Å². The van der Waals surface area contributed by atoms with Crippen molar-refractivity contribution in [2.45, 2.75) is 26.8 Å². The Kier molecular flexibility index (Phi) is 4.46. The average molecular weight is 351 g/mol. The Hall–Kier alpha value is -2.67. The molecule has 1 aliphatic rings. The van der Waals surface area contributed by atoms with Crippen LogP contribution in [0.2, 0.25) is 0 Å². The van der Waals surface area contributed by atoms with E-state index in [-0.39, 0.29) is 0 Å². The van der Waals surface area contributed by atoms with Crippen molar-refractivity contribution in [1.82, 2.24) is 25.5 Å². The number of anilines is 3. The number of rotatable bonds is 4. The SMILES string of the molecule is Cc1cc(Nc2ccc3[nH]ncc3c2)nc(N2CCNC(C(C)C)C2)n1. The molecule has 1 saturated heterocycles. The third-order valence-corrected chi connectivity index (χ3v) is 4.85. The van der Waals surface area contributed by atoms with Crippen LogP contribution in [-0.4, -0.2) is 45.8 Å². The van der Waals surface area contributed by atoms with E-state index in [4.69, 9.17) is 4.98 Å². The lowest BCUT2D eigenvalue weighted by Gasteiger charge is -2.35. The summed E-state index contributed by atoms with van der Waals surface area (Å²) in [6, 6.07) is 8.55. The maximum Gasteiger partial charge on any atom is 0.227 e. The van der Waals surface area contributed by atoms with Gasteiger partial charge in [0, 0.05) is 48.5 Å². The Balaban J connectivity index is 1.57. The molecule has 136 valence electrons. The van der Waals surface area contributed by atoms with Crippen molar-refractivity contribution in [2.24, 2.45) is 5.92 Å². The van der Waals surface area contributed by atoms with E-state index < -0.39 is 0 Å². The molecule has 7 heteroatoms. The summed E-state index contributed by atoms with van der Waals surface area (Å²) < 4.78 is 0. The average Bonchev–Trinajstić information content (AvgIpc) is 3.09. The number of fused-ring (bicyclic) bond motifs is 1. The highest BCUT2D eigenvalue weighted by atomic mass is 15.3. The van der Waals surface area contributed by atoms with Crippen LogP contribution >= 0.6 is 0 Å². The highest BCUT2D eigenvalue weighted by Crippen LogP contribution is 2.22. The summed E-state index contributed by atoms with van der Waals surface area (Å²) in [6.07, 6.45) is 1.82. The molecule has 0 saturated carbocycles. The van der Waals surface area contributed by atoms with E-state index in [0.29, 0.717) is 12.0 Å². The molecular weight excluding hydrogens is 326 g/mol. The Morgan fingerprint density at radius 3 is 2.96 bits per heavy atom. The number of aryl methyl sites for hydroxylation is 1. The number of hydrogen-bond donors (Lipinski definition) is 3. The molecule has 1 atom stereocenters. The van der Waals surface area contributed by atoms with E-state index in [2.05, 4.69) is 50.6 Å². The third kappa shape index (κ3) is 3.48. The summed E-state index contributed by atoms with van der Waals surface area (Å²) in [5, 5.41) is 15.1. The number of aromatic amines is 1. The first-order chi connectivity index (χ1) is 12.6. The molecule has 3 aromatic rings. The number of benzene rings is 1. The number of H-pyrrole nitrogens is 1. The summed E-state index contributed by atoms with van der Waals surface area (Å²) >= 11 is 0. The molecule has 3 heterocycles. The highest BCUT2D eigenvalue weighted by molar-refractivity contribution is 5.82. The van der Waals surface area contributed by atoms with Crippen molar-refractivity contribution in [2.75, 3.05) is 29.9 Å². The van der Waals surface area contributed by atoms with Crippen LogP contribution in [-0.2, 0) is 0 Å². The first-order valence-corrected chi connectivity index (χ1v) is 9.12. The number of hydrogen-bond acceptors (Lipinski definition) is 6. The zero-order valence-electron chi connectivity index (χ0n) is 15.5. The number of nitrogens with zero attached hydrogens (tertiary/aromatic N) is 4. The van der Waals surface area contributed by atoms with Gasteiger partial charge in [-0.05, 0) is 31.0 Å². The van der Waals surface area contributed by atoms with E-state index in [9.17, 15) is 0 Å². The molecule has 0 bridgehead atoms. The van der Waals surface area contributed by atoms with Crippen molar-refractivity contribution in [3.63, 3.8) is 0 Å². The lowest BCUT2D eigenvalue weighted by atomic mass is 10.0. The van der Waals surface area contributed by atoms with Gasteiger partial charge in [0.05, 0.1) is 11.7 Å². The van der Waals surface area contributed by atoms with E-state index in [0.717, 1.165) is 53.7 Å². The van der Waals surface area contributed by atoms with Gasteiger partial charge in [0.1, 0.15) is 5.82 Å². The first-order valence-electron chi connectivity index (χ1n) is 9.12. The lowest BCUT2D eigenvalue weighted by molar-refractivity contribution is 0.366. The molecule has 2 aromatic heterocycles. The van der Waals surface area contributed by atoms with Gasteiger partial charge in [-0.1, -0.05) is 13.8 Å². The summed E-state index contributed by atoms with van der Waals surface area (Å²) in [5.41, 5.74) is 2.97. The predicted octanol–water partition coefficient (Wildman–Crippen LogP) is 2.84. The number of piperazine rings is 1. The summed E-state index contributed by atoms with van der Waals surface area (Å²) in [7, 11) is 0. The van der Waals surface area contributed by atoms with Gasteiger partial charge < -0.3 is 15.5 Å². The lowest BCUT2D eigenvalue weighted by Crippen LogP contribution is -2.53. The molecule has 0 amide bonds. The van der Waals surface area contributed by atoms with Crippen molar-refractivity contribution in [1.29, 1.82) is 0 Å². The van der Waals surface area contributed by atoms with Crippen LogP contribution < -0.4 is 15.5 Å². The number of aromatic nitrogens is 4. The molecule has 26 heavy (non-hydrogen) atoms. The topological polar surface area (TPSA) is 81.8 Å². The van der Waals surface area contributed by atoms with Gasteiger partial charge in [0.2, 0.25) is 5.95 Å². The minimum absolute atomic E-state index is 0.466. The summed E-state index contributed by atoms with van der Waals surface area (Å²) in [5.74, 6) is 2.20. The van der Waals surface area contributed by atoms with Crippen LogP contribution in [0.3, 0.4) is 0 Å². The molecule has 0 radical (unpaired) electrons. The Morgan fingerprint density at radius 2 is 2.12 bits per heavy atom. The van der Waals surface area contributed by atoms with Crippen LogP contribution in [0.15, 0.2) is 30.5 Å². The maximum atomic E-state index is 4.77.